The number of amides is 3. The average molecular weight is 630 g/mol. The molecule has 3 heterocycles. The van der Waals surface area contributed by atoms with Crippen molar-refractivity contribution < 1.29 is 19.5 Å². The van der Waals surface area contributed by atoms with Gasteiger partial charge in [0.2, 0.25) is 17.7 Å². The molecule has 45 heavy (non-hydrogen) atoms. The Morgan fingerprint density at radius 1 is 0.978 bits per heavy atom. The first-order valence-electron chi connectivity index (χ1n) is 16.2. The molecule has 3 aliphatic heterocycles. The van der Waals surface area contributed by atoms with Crippen molar-refractivity contribution in [2.75, 3.05) is 19.7 Å². The van der Waals surface area contributed by atoms with E-state index in [-0.39, 0.29) is 41.4 Å². The van der Waals surface area contributed by atoms with Gasteiger partial charge in [0.15, 0.2) is 0 Å². The minimum absolute atomic E-state index is 0.0344. The van der Waals surface area contributed by atoms with Crippen LogP contribution in [0.5, 0.6) is 0 Å². The minimum Gasteiger partial charge on any atom is -0.394 e. The number of thioether (sulfide) groups is 1. The molecule has 2 bridgehead atoms. The Bertz CT molecular complexity index is 1380. The van der Waals surface area contributed by atoms with Gasteiger partial charge in [0.1, 0.15) is 6.04 Å². The molecule has 3 saturated heterocycles. The summed E-state index contributed by atoms with van der Waals surface area (Å²) in [5, 5.41) is 10.6. The van der Waals surface area contributed by atoms with Gasteiger partial charge in [-0.15, -0.1) is 24.9 Å². The van der Waals surface area contributed by atoms with Gasteiger partial charge < -0.3 is 19.8 Å². The number of hydrogen-bond acceptors (Lipinski definition) is 5. The summed E-state index contributed by atoms with van der Waals surface area (Å²) in [6, 6.07) is 18.4. The molecule has 3 amide bonds. The second-order valence-electron chi connectivity index (χ2n) is 13.3. The van der Waals surface area contributed by atoms with Gasteiger partial charge in [0.25, 0.3) is 0 Å². The standard InChI is InChI=1S/C37H47N3O4S/c1-6-18-38(22-27-14-10-8-11-15-27)34(42)31-30-21-26(5)37(45-30)32(31)35(43)40(29(24-41)20-25(3)4)33(37)36(44)39(19-7-2)23-28-16-12-9-13-17-28/h6-17,25-26,29-33,41H,1-2,18-24H2,3-5H3/t26?,29-,30+,31-,32+,33?,37?/m1/s1. The summed E-state index contributed by atoms with van der Waals surface area (Å²) in [5.41, 5.74) is 2.00. The van der Waals surface area contributed by atoms with E-state index in [0.717, 1.165) is 17.5 Å². The topological polar surface area (TPSA) is 81.2 Å². The van der Waals surface area contributed by atoms with E-state index in [1.807, 2.05) is 60.7 Å². The van der Waals surface area contributed by atoms with Crippen LogP contribution in [0.1, 0.15) is 44.7 Å². The maximum atomic E-state index is 14.9. The van der Waals surface area contributed by atoms with E-state index >= 15 is 0 Å². The molecule has 2 aromatic carbocycles. The number of likely N-dealkylation sites (tertiary alicyclic amines) is 1. The van der Waals surface area contributed by atoms with Gasteiger partial charge in [-0.3, -0.25) is 14.4 Å². The van der Waals surface area contributed by atoms with Crippen LogP contribution >= 0.6 is 11.8 Å². The van der Waals surface area contributed by atoms with Crippen LogP contribution in [0.25, 0.3) is 0 Å². The van der Waals surface area contributed by atoms with Crippen molar-refractivity contribution in [2.24, 2.45) is 23.7 Å². The third-order valence-electron chi connectivity index (χ3n) is 9.80. The Balaban J connectivity index is 1.57. The van der Waals surface area contributed by atoms with E-state index < -0.39 is 28.7 Å². The summed E-state index contributed by atoms with van der Waals surface area (Å²) in [6.07, 6.45) is 4.77. The Morgan fingerprint density at radius 2 is 1.51 bits per heavy atom. The molecular weight excluding hydrogens is 582 g/mol. The van der Waals surface area contributed by atoms with Gasteiger partial charge in [-0.25, -0.2) is 0 Å². The van der Waals surface area contributed by atoms with Gasteiger partial charge in [-0.2, -0.15) is 0 Å². The van der Waals surface area contributed by atoms with Crippen molar-refractivity contribution >= 4 is 29.5 Å². The molecule has 7 atom stereocenters. The fraction of sp³-hybridized carbons (Fsp3) is 0.486. The van der Waals surface area contributed by atoms with Gasteiger partial charge in [-0.1, -0.05) is 93.6 Å². The lowest BCUT2D eigenvalue weighted by molar-refractivity contribution is -0.147. The lowest BCUT2D eigenvalue weighted by Gasteiger charge is -2.42. The van der Waals surface area contributed by atoms with Crippen LogP contribution in [0.2, 0.25) is 0 Å². The van der Waals surface area contributed by atoms with E-state index in [0.29, 0.717) is 32.6 Å². The summed E-state index contributed by atoms with van der Waals surface area (Å²) in [6.45, 7) is 15.4. The summed E-state index contributed by atoms with van der Waals surface area (Å²) in [4.78, 5) is 49.6. The molecule has 7 nitrogen and oxygen atoms in total. The fourth-order valence-corrected chi connectivity index (χ4v) is 10.4. The molecule has 0 aromatic heterocycles. The van der Waals surface area contributed by atoms with Crippen LogP contribution in [0.15, 0.2) is 86.0 Å². The molecule has 2 aromatic rings. The zero-order valence-corrected chi connectivity index (χ0v) is 27.6. The molecule has 3 aliphatic rings. The Hall–Kier alpha value is -3.36. The van der Waals surface area contributed by atoms with E-state index in [1.165, 1.54) is 0 Å². The summed E-state index contributed by atoms with van der Waals surface area (Å²) < 4.78 is -0.772. The van der Waals surface area contributed by atoms with Crippen LogP contribution in [-0.4, -0.2) is 79.3 Å². The lowest BCUT2D eigenvalue weighted by Crippen LogP contribution is -2.59. The van der Waals surface area contributed by atoms with Crippen LogP contribution in [0, 0.1) is 23.7 Å². The van der Waals surface area contributed by atoms with E-state index in [2.05, 4.69) is 33.9 Å². The Kier molecular flexibility index (Phi) is 10.2. The molecule has 1 spiro atoms. The van der Waals surface area contributed by atoms with Gasteiger partial charge >= 0.3 is 0 Å². The number of aliphatic hydroxyl groups is 1. The number of carbonyl (C=O) groups is 3. The third-order valence-corrected chi connectivity index (χ3v) is 11.9. The smallest absolute Gasteiger partial charge is 0.247 e. The van der Waals surface area contributed by atoms with Crippen molar-refractivity contribution in [2.45, 2.75) is 68.8 Å². The Labute approximate surface area is 272 Å². The van der Waals surface area contributed by atoms with Gasteiger partial charge in [-0.05, 0) is 35.8 Å². The summed E-state index contributed by atoms with van der Waals surface area (Å²) in [7, 11) is 0. The molecule has 0 saturated carbocycles. The fourth-order valence-electron chi connectivity index (χ4n) is 8.00. The molecule has 1 N–H and O–H groups in total. The highest BCUT2D eigenvalue weighted by Gasteiger charge is 2.77. The van der Waals surface area contributed by atoms with Crippen molar-refractivity contribution in [3.63, 3.8) is 0 Å². The largest absolute Gasteiger partial charge is 0.394 e. The third kappa shape index (κ3) is 6.11. The number of carbonyl (C=O) groups excluding carboxylic acids is 3. The van der Waals surface area contributed by atoms with Crippen LogP contribution in [-0.2, 0) is 27.5 Å². The average Bonchev–Trinajstić information content (AvgIpc) is 3.63. The van der Waals surface area contributed by atoms with E-state index in [1.54, 1.807) is 38.6 Å². The first kappa shape index (κ1) is 33.0. The number of fused-ring (bicyclic) bond motifs is 1. The number of hydrogen-bond donors (Lipinski definition) is 1. The number of nitrogens with zero attached hydrogens (tertiary/aromatic N) is 3. The van der Waals surface area contributed by atoms with Crippen LogP contribution in [0.3, 0.4) is 0 Å². The van der Waals surface area contributed by atoms with Crippen molar-refractivity contribution in [1.82, 2.24) is 14.7 Å². The monoisotopic (exact) mass is 629 g/mol. The first-order chi connectivity index (χ1) is 21.7. The molecule has 3 fully saturated rings. The molecule has 0 radical (unpaired) electrons. The maximum Gasteiger partial charge on any atom is 0.247 e. The second-order valence-corrected chi connectivity index (χ2v) is 14.8. The highest BCUT2D eigenvalue weighted by atomic mass is 32.2. The highest BCUT2D eigenvalue weighted by molar-refractivity contribution is 8.02. The normalized spacial score (nSPS) is 27.4. The summed E-state index contributed by atoms with van der Waals surface area (Å²) >= 11 is 1.68. The second kappa shape index (κ2) is 14.0. The van der Waals surface area contributed by atoms with Crippen molar-refractivity contribution in [3.8, 4) is 0 Å². The molecule has 240 valence electrons. The maximum absolute atomic E-state index is 14.9. The number of rotatable bonds is 14. The predicted octanol–water partition coefficient (Wildman–Crippen LogP) is 5.16. The lowest BCUT2D eigenvalue weighted by atomic mass is 9.65. The highest BCUT2D eigenvalue weighted by Crippen LogP contribution is 2.69. The molecule has 8 heteroatoms. The molecule has 5 rings (SSSR count). The quantitative estimate of drug-likeness (QED) is 0.292. The van der Waals surface area contributed by atoms with Crippen LogP contribution < -0.4 is 0 Å². The van der Waals surface area contributed by atoms with Gasteiger partial charge in [0, 0.05) is 31.4 Å². The van der Waals surface area contributed by atoms with Gasteiger partial charge in [0.05, 0.1) is 29.2 Å². The van der Waals surface area contributed by atoms with Crippen molar-refractivity contribution in [1.29, 1.82) is 0 Å². The van der Waals surface area contributed by atoms with E-state index in [9.17, 15) is 19.5 Å². The number of benzene rings is 2. The SMILES string of the molecule is C=CCN(Cc1ccccc1)C(=O)C1N([C@@H](CO)CC(C)C)C(=O)[C@@H]2[C@H](C(=O)N(CC=C)Cc3ccccc3)[C@@H]3CC(C)C12S3. The zero-order valence-electron chi connectivity index (χ0n) is 26.8. The van der Waals surface area contributed by atoms with Crippen LogP contribution in [0.4, 0.5) is 0 Å². The molecule has 0 aliphatic carbocycles. The van der Waals surface area contributed by atoms with E-state index in [4.69, 9.17) is 0 Å². The summed E-state index contributed by atoms with van der Waals surface area (Å²) in [5.74, 6) is -1.35. The predicted molar refractivity (Wildman–Crippen MR) is 180 cm³/mol. The first-order valence-corrected chi connectivity index (χ1v) is 17.0. The van der Waals surface area contributed by atoms with Crippen molar-refractivity contribution in [3.05, 3.63) is 97.1 Å². The molecular formula is C37H47N3O4S. The Morgan fingerprint density at radius 3 is 2.00 bits per heavy atom. The zero-order chi connectivity index (χ0) is 32.3. The number of aliphatic hydroxyl groups excluding tert-OH is 1. The minimum atomic E-state index is -0.792. The molecule has 3 unspecified atom stereocenters.